The van der Waals surface area contributed by atoms with Gasteiger partial charge in [-0.15, -0.1) is 5.10 Å². The summed E-state index contributed by atoms with van der Waals surface area (Å²) >= 11 is 6.04. The van der Waals surface area contributed by atoms with Gasteiger partial charge in [-0.2, -0.15) is 4.52 Å². The Morgan fingerprint density at radius 3 is 2.55 bits per heavy atom. The smallest absolute Gasteiger partial charge is 0.287 e. The van der Waals surface area contributed by atoms with E-state index >= 15 is 0 Å². The Kier molecular flexibility index (Phi) is 6.37. The zero-order valence-corrected chi connectivity index (χ0v) is 19.2. The molecule has 2 fully saturated rings. The van der Waals surface area contributed by atoms with E-state index in [2.05, 4.69) is 15.7 Å². The van der Waals surface area contributed by atoms with Gasteiger partial charge in [0.15, 0.2) is 5.82 Å². The molecule has 3 heterocycles. The second kappa shape index (κ2) is 9.57. The predicted octanol–water partition coefficient (Wildman–Crippen LogP) is 3.46. The summed E-state index contributed by atoms with van der Waals surface area (Å²) in [6.45, 7) is 1.70. The molecule has 1 amide bonds. The second-order valence-electron chi connectivity index (χ2n) is 8.89. The Labute approximate surface area is 196 Å². The van der Waals surface area contributed by atoms with Gasteiger partial charge in [-0.1, -0.05) is 36.6 Å². The van der Waals surface area contributed by atoms with Crippen molar-refractivity contribution in [1.82, 2.24) is 19.5 Å². The largest absolute Gasteiger partial charge is 0.381 e. The summed E-state index contributed by atoms with van der Waals surface area (Å²) < 4.78 is 8.61. The Morgan fingerprint density at radius 1 is 1.09 bits per heavy atom. The van der Waals surface area contributed by atoms with Crippen LogP contribution in [0.2, 0.25) is 5.02 Å². The predicted molar refractivity (Wildman–Crippen MR) is 127 cm³/mol. The Hall–Kier alpha value is -2.84. The molecule has 2 aliphatic rings. The molecule has 1 aromatic carbocycles. The van der Waals surface area contributed by atoms with E-state index in [1.807, 2.05) is 34.9 Å². The molecular formula is C24H28ClN5O3. The van der Waals surface area contributed by atoms with Gasteiger partial charge in [0.2, 0.25) is 0 Å². The molecule has 1 aliphatic carbocycles. The summed E-state index contributed by atoms with van der Waals surface area (Å²) in [5, 5.41) is 11.6. The van der Waals surface area contributed by atoms with Crippen molar-refractivity contribution in [1.29, 1.82) is 0 Å². The Bertz CT molecular complexity index is 1190. The van der Waals surface area contributed by atoms with Crippen molar-refractivity contribution in [2.24, 2.45) is 0 Å². The molecule has 2 N–H and O–H groups in total. The fourth-order valence-corrected chi connectivity index (χ4v) is 4.77. The number of rotatable bonds is 6. The number of fused-ring (bicyclic) bond motifs is 1. The third-order valence-corrected chi connectivity index (χ3v) is 6.72. The molecule has 1 aliphatic heterocycles. The van der Waals surface area contributed by atoms with Crippen molar-refractivity contribution in [3.8, 4) is 0 Å². The number of hydrogen-bond acceptors (Lipinski definition) is 5. The molecular weight excluding hydrogens is 442 g/mol. The van der Waals surface area contributed by atoms with Crippen molar-refractivity contribution < 1.29 is 9.53 Å². The number of halogens is 1. The van der Waals surface area contributed by atoms with Crippen molar-refractivity contribution in [2.75, 3.05) is 18.5 Å². The highest BCUT2D eigenvalue weighted by Crippen LogP contribution is 2.22. The van der Waals surface area contributed by atoms with E-state index in [1.165, 1.54) is 17.4 Å². The van der Waals surface area contributed by atoms with Gasteiger partial charge in [-0.25, -0.2) is 0 Å². The number of benzene rings is 1. The van der Waals surface area contributed by atoms with E-state index < -0.39 is 5.56 Å². The van der Waals surface area contributed by atoms with Crippen LogP contribution < -0.4 is 16.2 Å². The van der Waals surface area contributed by atoms with Gasteiger partial charge >= 0.3 is 0 Å². The van der Waals surface area contributed by atoms with Crippen molar-refractivity contribution in [3.63, 3.8) is 0 Å². The minimum absolute atomic E-state index is 0.00304. The van der Waals surface area contributed by atoms with E-state index in [-0.39, 0.29) is 17.5 Å². The average Bonchev–Trinajstić information content (AvgIpc) is 3.48. The normalized spacial score (nSPS) is 17.5. The Morgan fingerprint density at radius 2 is 1.82 bits per heavy atom. The summed E-state index contributed by atoms with van der Waals surface area (Å²) in [4.78, 5) is 26.3. The Balaban J connectivity index is 1.51. The average molecular weight is 470 g/mol. The van der Waals surface area contributed by atoms with Crippen molar-refractivity contribution in [2.45, 2.75) is 57.2 Å². The number of anilines is 1. The number of amides is 1. The van der Waals surface area contributed by atoms with Crippen LogP contribution in [0.4, 0.5) is 5.82 Å². The molecule has 0 radical (unpaired) electrons. The third kappa shape index (κ3) is 4.91. The molecule has 9 heteroatoms. The molecule has 174 valence electrons. The fourth-order valence-electron chi connectivity index (χ4n) is 4.64. The first kappa shape index (κ1) is 22.0. The standard InChI is InChI=1S/C24H28ClN5O3/c25-17-7-5-16(6-8-17)14-29-15-20(23(31)27-19-9-11-33-12-10-19)24(32)30-22(29)13-21(28-30)26-18-3-1-2-4-18/h5-8,13,15,18-19H,1-4,9-12,14H2,(H,26,28)(H,27,31). The van der Waals surface area contributed by atoms with Gasteiger partial charge in [-0.3, -0.25) is 9.59 Å². The lowest BCUT2D eigenvalue weighted by atomic mass is 10.1. The SMILES string of the molecule is O=C(NC1CCOCC1)c1cn(Cc2ccc(Cl)cc2)c2cc(NC3CCCC3)nn2c1=O. The number of ether oxygens (including phenoxy) is 1. The van der Waals surface area contributed by atoms with E-state index in [4.69, 9.17) is 16.3 Å². The number of carbonyl (C=O) groups excluding carboxylic acids is 1. The topological polar surface area (TPSA) is 89.7 Å². The lowest BCUT2D eigenvalue weighted by Crippen LogP contribution is -2.41. The molecule has 0 bridgehead atoms. The number of nitrogens with one attached hydrogen (secondary N) is 2. The zero-order valence-electron chi connectivity index (χ0n) is 18.4. The van der Waals surface area contributed by atoms with Gasteiger partial charge in [0.25, 0.3) is 11.5 Å². The van der Waals surface area contributed by atoms with E-state index in [0.29, 0.717) is 42.3 Å². The van der Waals surface area contributed by atoms with E-state index in [9.17, 15) is 9.59 Å². The van der Waals surface area contributed by atoms with Crippen LogP contribution in [0.25, 0.3) is 5.65 Å². The van der Waals surface area contributed by atoms with Gasteiger partial charge in [0.05, 0.1) is 0 Å². The quantitative estimate of drug-likeness (QED) is 0.577. The van der Waals surface area contributed by atoms with Crippen LogP contribution in [0, 0.1) is 0 Å². The first-order chi connectivity index (χ1) is 16.1. The maximum absolute atomic E-state index is 13.3. The molecule has 33 heavy (non-hydrogen) atoms. The van der Waals surface area contributed by atoms with Crippen LogP contribution in [0.15, 0.2) is 41.3 Å². The molecule has 1 saturated carbocycles. The maximum Gasteiger partial charge on any atom is 0.287 e. The molecule has 0 unspecified atom stereocenters. The summed E-state index contributed by atoms with van der Waals surface area (Å²) in [7, 11) is 0. The minimum Gasteiger partial charge on any atom is -0.381 e. The second-order valence-corrected chi connectivity index (χ2v) is 9.32. The van der Waals surface area contributed by atoms with E-state index in [1.54, 1.807) is 6.20 Å². The van der Waals surface area contributed by atoms with Gasteiger partial charge in [0.1, 0.15) is 11.2 Å². The van der Waals surface area contributed by atoms with Crippen LogP contribution in [0.3, 0.4) is 0 Å². The summed E-state index contributed by atoms with van der Waals surface area (Å²) in [5.41, 5.74) is 1.31. The summed E-state index contributed by atoms with van der Waals surface area (Å²) in [5.74, 6) is 0.283. The van der Waals surface area contributed by atoms with Gasteiger partial charge < -0.3 is 19.9 Å². The highest BCUT2D eigenvalue weighted by molar-refractivity contribution is 6.30. The highest BCUT2D eigenvalue weighted by atomic mass is 35.5. The van der Waals surface area contributed by atoms with Crippen LogP contribution in [0.5, 0.6) is 0 Å². The summed E-state index contributed by atoms with van der Waals surface area (Å²) in [6, 6.07) is 9.79. The van der Waals surface area contributed by atoms with Gasteiger partial charge in [-0.05, 0) is 43.4 Å². The monoisotopic (exact) mass is 469 g/mol. The molecule has 1 saturated heterocycles. The number of carbonyl (C=O) groups is 1. The van der Waals surface area contributed by atoms with Crippen LogP contribution in [-0.2, 0) is 11.3 Å². The number of hydrogen-bond donors (Lipinski definition) is 2. The van der Waals surface area contributed by atoms with Crippen LogP contribution >= 0.6 is 11.6 Å². The molecule has 0 atom stereocenters. The highest BCUT2D eigenvalue weighted by Gasteiger charge is 2.23. The summed E-state index contributed by atoms with van der Waals surface area (Å²) in [6.07, 6.45) is 7.72. The lowest BCUT2D eigenvalue weighted by molar-refractivity contribution is 0.0695. The fraction of sp³-hybridized carbons (Fsp3) is 0.458. The molecule has 8 nitrogen and oxygen atoms in total. The van der Waals surface area contributed by atoms with Crippen molar-refractivity contribution in [3.05, 3.63) is 63.0 Å². The lowest BCUT2D eigenvalue weighted by Gasteiger charge is -2.23. The van der Waals surface area contributed by atoms with Gasteiger partial charge in [0, 0.05) is 49.1 Å². The first-order valence-corrected chi connectivity index (χ1v) is 12.0. The van der Waals surface area contributed by atoms with Crippen LogP contribution in [0.1, 0.15) is 54.4 Å². The number of nitrogens with zero attached hydrogens (tertiary/aromatic N) is 3. The molecule has 0 spiro atoms. The molecule has 5 rings (SSSR count). The molecule has 3 aromatic rings. The molecule has 2 aromatic heterocycles. The maximum atomic E-state index is 13.3. The van der Waals surface area contributed by atoms with E-state index in [0.717, 1.165) is 31.2 Å². The third-order valence-electron chi connectivity index (χ3n) is 6.47. The minimum atomic E-state index is -0.415. The zero-order chi connectivity index (χ0) is 22.8. The first-order valence-electron chi connectivity index (χ1n) is 11.6. The number of aromatic nitrogens is 3. The van der Waals surface area contributed by atoms with Crippen molar-refractivity contribution >= 4 is 29.0 Å². The van der Waals surface area contributed by atoms with Crippen LogP contribution in [-0.4, -0.2) is 45.4 Å².